The van der Waals surface area contributed by atoms with Gasteiger partial charge in [-0.15, -0.1) is 0 Å². The third kappa shape index (κ3) is 4.04. The van der Waals surface area contributed by atoms with Crippen LogP contribution in [0.1, 0.15) is 11.1 Å². The Morgan fingerprint density at radius 1 is 0.967 bits per heavy atom. The van der Waals surface area contributed by atoms with Crippen LogP contribution in [0.4, 0.5) is 4.79 Å². The molecule has 3 aliphatic rings. The molecule has 156 valence electrons. The van der Waals surface area contributed by atoms with Crippen molar-refractivity contribution in [1.82, 2.24) is 14.7 Å². The molecule has 3 heterocycles. The van der Waals surface area contributed by atoms with Gasteiger partial charge in [0.2, 0.25) is 0 Å². The highest BCUT2D eigenvalue weighted by Gasteiger charge is 2.26. The average Bonchev–Trinajstić information content (AvgIpc) is 3.10. The minimum absolute atomic E-state index is 0.177. The van der Waals surface area contributed by atoms with E-state index < -0.39 is 0 Å². The van der Waals surface area contributed by atoms with Gasteiger partial charge in [-0.05, 0) is 35.9 Å². The van der Waals surface area contributed by atoms with E-state index in [2.05, 4.69) is 52.3 Å². The van der Waals surface area contributed by atoms with Crippen LogP contribution in [0.5, 0.6) is 0 Å². The zero-order valence-electron chi connectivity index (χ0n) is 16.7. The quantitative estimate of drug-likeness (QED) is 0.704. The van der Waals surface area contributed by atoms with Crippen molar-refractivity contribution in [3.05, 3.63) is 58.6 Å². The zero-order valence-corrected chi connectivity index (χ0v) is 18.3. The number of amides is 1. The Labute approximate surface area is 186 Å². The van der Waals surface area contributed by atoms with Gasteiger partial charge in [-0.25, -0.2) is 4.79 Å². The van der Waals surface area contributed by atoms with Crippen molar-refractivity contribution in [3.8, 4) is 0 Å². The number of fused-ring (bicyclic) bond motifs is 2. The summed E-state index contributed by atoms with van der Waals surface area (Å²) in [7, 11) is 0. The van der Waals surface area contributed by atoms with Gasteiger partial charge < -0.3 is 14.5 Å². The molecule has 5 nitrogen and oxygen atoms in total. The predicted octanol–water partition coefficient (Wildman–Crippen LogP) is 4.37. The van der Waals surface area contributed by atoms with E-state index in [0.29, 0.717) is 13.2 Å². The Morgan fingerprint density at radius 3 is 2.60 bits per heavy atom. The van der Waals surface area contributed by atoms with Gasteiger partial charge in [-0.3, -0.25) is 4.90 Å². The summed E-state index contributed by atoms with van der Waals surface area (Å²) in [5.74, 6) is 0. The molecule has 0 bridgehead atoms. The first-order chi connectivity index (χ1) is 14.7. The second-order valence-corrected chi connectivity index (χ2v) is 9.26. The topological polar surface area (TPSA) is 36.0 Å². The summed E-state index contributed by atoms with van der Waals surface area (Å²) in [6, 6.07) is 14.8. The lowest BCUT2D eigenvalue weighted by Crippen LogP contribution is -2.47. The number of nitrogens with zero attached hydrogens (tertiary/aromatic N) is 3. The number of rotatable bonds is 4. The molecule has 0 aliphatic carbocycles. The summed E-state index contributed by atoms with van der Waals surface area (Å²) < 4.78 is 5.03. The molecular formula is C23H24ClN3O2S. The zero-order chi connectivity index (χ0) is 20.5. The fourth-order valence-electron chi connectivity index (χ4n) is 4.20. The Morgan fingerprint density at radius 2 is 1.80 bits per heavy atom. The van der Waals surface area contributed by atoms with Crippen LogP contribution in [0, 0.1) is 0 Å². The van der Waals surface area contributed by atoms with E-state index in [1.807, 2.05) is 6.07 Å². The Bertz CT molecular complexity index is 988. The maximum absolute atomic E-state index is 11.6. The van der Waals surface area contributed by atoms with Crippen LogP contribution in [-0.2, 0) is 4.74 Å². The molecule has 3 aliphatic heterocycles. The fourth-order valence-corrected chi connectivity index (χ4v) is 5.42. The molecule has 2 fully saturated rings. The highest BCUT2D eigenvalue weighted by Crippen LogP contribution is 2.42. The lowest BCUT2D eigenvalue weighted by molar-refractivity contribution is 0.142. The van der Waals surface area contributed by atoms with Crippen molar-refractivity contribution < 1.29 is 9.53 Å². The van der Waals surface area contributed by atoms with Crippen LogP contribution in [0.25, 0.3) is 11.8 Å². The third-order valence-corrected chi connectivity index (χ3v) is 7.29. The summed E-state index contributed by atoms with van der Waals surface area (Å²) in [5, 5.41) is 0.765. The number of piperazine rings is 1. The van der Waals surface area contributed by atoms with Gasteiger partial charge in [0.25, 0.3) is 0 Å². The van der Waals surface area contributed by atoms with Crippen LogP contribution >= 0.6 is 23.4 Å². The second kappa shape index (κ2) is 8.53. The number of halogens is 1. The summed E-state index contributed by atoms with van der Waals surface area (Å²) in [4.78, 5) is 20.9. The first kappa shape index (κ1) is 19.8. The average molecular weight is 442 g/mol. The summed E-state index contributed by atoms with van der Waals surface area (Å²) in [5.41, 5.74) is 3.72. The molecule has 0 atom stereocenters. The van der Waals surface area contributed by atoms with Gasteiger partial charge in [0.15, 0.2) is 0 Å². The normalized spacial score (nSPS) is 19.1. The maximum atomic E-state index is 11.6. The van der Waals surface area contributed by atoms with E-state index in [1.165, 1.54) is 26.6 Å². The minimum atomic E-state index is -0.177. The fraction of sp³-hybridized carbons (Fsp3) is 0.348. The van der Waals surface area contributed by atoms with E-state index >= 15 is 0 Å². The standard InChI is InChI=1S/C23H24ClN3O2S/c24-18-5-6-21-17(15-18)16-20(19-3-1-2-4-22(19)30-21)26-10-7-25(8-11-26)9-12-27-13-14-29-23(27)28/h1-6,15-16H,7-14H2. The largest absolute Gasteiger partial charge is 0.448 e. The predicted molar refractivity (Wildman–Crippen MR) is 121 cm³/mol. The van der Waals surface area contributed by atoms with Gasteiger partial charge in [0.05, 0.1) is 6.54 Å². The van der Waals surface area contributed by atoms with Gasteiger partial charge in [-0.1, -0.05) is 41.6 Å². The number of hydrogen-bond acceptors (Lipinski definition) is 5. The van der Waals surface area contributed by atoms with E-state index in [9.17, 15) is 4.79 Å². The van der Waals surface area contributed by atoms with E-state index in [-0.39, 0.29) is 6.09 Å². The molecule has 2 aromatic carbocycles. The Kier molecular flexibility index (Phi) is 5.63. The molecule has 0 radical (unpaired) electrons. The van der Waals surface area contributed by atoms with Crippen LogP contribution in [-0.4, -0.2) is 73.2 Å². The molecule has 2 aromatic rings. The highest BCUT2D eigenvalue weighted by molar-refractivity contribution is 7.99. The van der Waals surface area contributed by atoms with Crippen LogP contribution in [0.3, 0.4) is 0 Å². The van der Waals surface area contributed by atoms with Crippen LogP contribution < -0.4 is 0 Å². The maximum Gasteiger partial charge on any atom is 0.409 e. The van der Waals surface area contributed by atoms with Crippen molar-refractivity contribution in [1.29, 1.82) is 0 Å². The molecule has 0 spiro atoms. The van der Waals surface area contributed by atoms with Gasteiger partial charge >= 0.3 is 6.09 Å². The number of carbonyl (C=O) groups is 1. The Hall–Kier alpha value is -2.15. The minimum Gasteiger partial charge on any atom is -0.448 e. The van der Waals surface area contributed by atoms with Crippen molar-refractivity contribution >= 4 is 41.2 Å². The molecule has 5 rings (SSSR count). The first-order valence-electron chi connectivity index (χ1n) is 10.3. The molecule has 0 N–H and O–H groups in total. The summed E-state index contributed by atoms with van der Waals surface area (Å²) in [6.45, 7) is 6.76. The lowest BCUT2D eigenvalue weighted by Gasteiger charge is -2.38. The molecule has 0 aromatic heterocycles. The monoisotopic (exact) mass is 441 g/mol. The molecule has 7 heteroatoms. The number of hydrogen-bond donors (Lipinski definition) is 0. The first-order valence-corrected chi connectivity index (χ1v) is 11.5. The smallest absolute Gasteiger partial charge is 0.409 e. The second-order valence-electron chi connectivity index (χ2n) is 7.74. The van der Waals surface area contributed by atoms with Crippen LogP contribution in [0.2, 0.25) is 5.02 Å². The van der Waals surface area contributed by atoms with Gasteiger partial charge in [0, 0.05) is 65.3 Å². The van der Waals surface area contributed by atoms with Gasteiger partial charge in [-0.2, -0.15) is 0 Å². The summed E-state index contributed by atoms with van der Waals surface area (Å²) in [6.07, 6.45) is 2.11. The molecule has 2 saturated heterocycles. The lowest BCUT2D eigenvalue weighted by atomic mass is 10.1. The van der Waals surface area contributed by atoms with Crippen molar-refractivity contribution in [2.24, 2.45) is 0 Å². The molecule has 0 saturated carbocycles. The molecule has 1 amide bonds. The van der Waals surface area contributed by atoms with E-state index in [1.54, 1.807) is 16.7 Å². The summed E-state index contributed by atoms with van der Waals surface area (Å²) >= 11 is 8.10. The van der Waals surface area contributed by atoms with Crippen molar-refractivity contribution in [2.75, 3.05) is 52.4 Å². The number of cyclic esters (lactones) is 1. The number of carbonyl (C=O) groups excluding carboxylic acids is 1. The van der Waals surface area contributed by atoms with Crippen molar-refractivity contribution in [2.45, 2.75) is 9.79 Å². The molecule has 0 unspecified atom stereocenters. The van der Waals surface area contributed by atoms with E-state index in [4.69, 9.17) is 16.3 Å². The number of ether oxygens (including phenoxy) is 1. The molecular weight excluding hydrogens is 418 g/mol. The SMILES string of the molecule is O=C1OCCN1CCN1CCN(C2=Cc3cc(Cl)ccc3Sc3ccccc32)CC1. The van der Waals surface area contributed by atoms with Crippen LogP contribution in [0.15, 0.2) is 52.3 Å². The number of benzene rings is 2. The molecule has 30 heavy (non-hydrogen) atoms. The van der Waals surface area contributed by atoms with E-state index in [0.717, 1.165) is 44.3 Å². The van der Waals surface area contributed by atoms with Crippen molar-refractivity contribution in [3.63, 3.8) is 0 Å². The Balaban J connectivity index is 1.32. The van der Waals surface area contributed by atoms with Gasteiger partial charge in [0.1, 0.15) is 6.61 Å². The highest BCUT2D eigenvalue weighted by atomic mass is 35.5. The third-order valence-electron chi connectivity index (χ3n) is 5.89.